The lowest BCUT2D eigenvalue weighted by atomic mass is 10.2. The highest BCUT2D eigenvalue weighted by molar-refractivity contribution is 5.11. The van der Waals surface area contributed by atoms with Crippen LogP contribution in [0.15, 0.2) is 11.5 Å². The van der Waals surface area contributed by atoms with E-state index >= 15 is 0 Å². The molecule has 11 heavy (non-hydrogen) atoms. The minimum Gasteiger partial charge on any atom is -0.506 e. The molecule has 0 radical (unpaired) electrons. The van der Waals surface area contributed by atoms with E-state index in [1.807, 2.05) is 0 Å². The summed E-state index contributed by atoms with van der Waals surface area (Å²) < 4.78 is 4.75. The van der Waals surface area contributed by atoms with Gasteiger partial charge in [0.2, 0.25) is 0 Å². The Morgan fingerprint density at radius 2 is 2.18 bits per heavy atom. The Labute approximate surface area is 63.2 Å². The van der Waals surface area contributed by atoms with Crippen molar-refractivity contribution >= 4 is 0 Å². The lowest BCUT2D eigenvalue weighted by molar-refractivity contribution is -0.0343. The first-order valence-corrected chi connectivity index (χ1v) is 3.18. The molecule has 1 aliphatic heterocycles. The van der Waals surface area contributed by atoms with Gasteiger partial charge < -0.3 is 25.2 Å². The van der Waals surface area contributed by atoms with Crippen LogP contribution in [0.5, 0.6) is 0 Å². The molecule has 1 rings (SSSR count). The Morgan fingerprint density at radius 1 is 1.55 bits per heavy atom. The van der Waals surface area contributed by atoms with Crippen LogP contribution in [-0.4, -0.2) is 45.8 Å². The van der Waals surface area contributed by atoms with E-state index in [2.05, 4.69) is 0 Å². The molecule has 0 aliphatic carbocycles. The monoisotopic (exact) mass is 162 g/mol. The maximum atomic E-state index is 8.99. The van der Waals surface area contributed by atoms with Crippen LogP contribution >= 0.6 is 0 Å². The Kier molecular flexibility index (Phi) is 2.33. The van der Waals surface area contributed by atoms with Crippen LogP contribution < -0.4 is 0 Å². The summed E-state index contributed by atoms with van der Waals surface area (Å²) in [7, 11) is 0. The topological polar surface area (TPSA) is 90.2 Å². The lowest BCUT2D eigenvalue weighted by Gasteiger charge is -2.14. The molecule has 1 unspecified atom stereocenters. The zero-order valence-electron chi connectivity index (χ0n) is 5.77. The summed E-state index contributed by atoms with van der Waals surface area (Å²) in [6.07, 6.45) is -2.17. The van der Waals surface area contributed by atoms with Crippen molar-refractivity contribution in [3.8, 4) is 0 Å². The van der Waals surface area contributed by atoms with Gasteiger partial charge in [0.25, 0.3) is 0 Å². The molecule has 0 spiro atoms. The standard InChI is InChI=1S/C6H10O5/c7-1-3(8)6-5(10)4(9)2-11-6/h3,6-10H,1-2H2/t3?,6-/m0/s1. The molecule has 0 fully saturated rings. The molecule has 4 N–H and O–H groups in total. The van der Waals surface area contributed by atoms with Crippen molar-refractivity contribution < 1.29 is 25.2 Å². The first kappa shape index (κ1) is 8.32. The van der Waals surface area contributed by atoms with Gasteiger partial charge in [-0.25, -0.2) is 0 Å². The summed E-state index contributed by atoms with van der Waals surface area (Å²) in [6, 6.07) is 0. The number of rotatable bonds is 2. The van der Waals surface area contributed by atoms with E-state index in [1.165, 1.54) is 0 Å². The fourth-order valence-electron chi connectivity index (χ4n) is 0.875. The quantitative estimate of drug-likeness (QED) is 0.421. The molecule has 5 heteroatoms. The summed E-state index contributed by atoms with van der Waals surface area (Å²) in [4.78, 5) is 0. The first-order chi connectivity index (χ1) is 5.16. The van der Waals surface area contributed by atoms with Crippen LogP contribution in [0.2, 0.25) is 0 Å². The zero-order chi connectivity index (χ0) is 8.43. The summed E-state index contributed by atoms with van der Waals surface area (Å²) >= 11 is 0. The number of hydrogen-bond acceptors (Lipinski definition) is 5. The Hall–Kier alpha value is -0.780. The summed E-state index contributed by atoms with van der Waals surface area (Å²) in [5.74, 6) is -0.686. The van der Waals surface area contributed by atoms with Gasteiger partial charge in [0.15, 0.2) is 11.5 Å². The molecule has 0 saturated heterocycles. The van der Waals surface area contributed by atoms with Crippen LogP contribution in [-0.2, 0) is 4.74 Å². The molecule has 0 aromatic heterocycles. The molecule has 0 amide bonds. The van der Waals surface area contributed by atoms with E-state index in [1.54, 1.807) is 0 Å². The Morgan fingerprint density at radius 3 is 2.55 bits per heavy atom. The van der Waals surface area contributed by atoms with Gasteiger partial charge in [-0.1, -0.05) is 0 Å². The van der Waals surface area contributed by atoms with Gasteiger partial charge in [-0.3, -0.25) is 0 Å². The van der Waals surface area contributed by atoms with E-state index in [0.717, 1.165) is 0 Å². The second-order valence-electron chi connectivity index (χ2n) is 2.31. The average molecular weight is 162 g/mol. The molecule has 0 saturated carbocycles. The predicted octanol–water partition coefficient (Wildman–Crippen LogP) is -0.934. The largest absolute Gasteiger partial charge is 0.506 e. The maximum Gasteiger partial charge on any atom is 0.164 e. The molecule has 1 aliphatic rings. The number of hydrogen-bond donors (Lipinski definition) is 4. The normalized spacial score (nSPS) is 27.6. The zero-order valence-corrected chi connectivity index (χ0v) is 5.77. The average Bonchev–Trinajstić information content (AvgIpc) is 2.32. The highest BCUT2D eigenvalue weighted by atomic mass is 16.5. The van der Waals surface area contributed by atoms with Crippen molar-refractivity contribution in [1.29, 1.82) is 0 Å². The van der Waals surface area contributed by atoms with Gasteiger partial charge in [0.1, 0.15) is 18.8 Å². The van der Waals surface area contributed by atoms with E-state index in [4.69, 9.17) is 25.2 Å². The van der Waals surface area contributed by atoms with Crippen molar-refractivity contribution in [3.05, 3.63) is 11.5 Å². The van der Waals surface area contributed by atoms with Crippen molar-refractivity contribution in [2.45, 2.75) is 12.2 Å². The van der Waals surface area contributed by atoms with E-state index in [-0.39, 0.29) is 12.4 Å². The van der Waals surface area contributed by atoms with Gasteiger partial charge in [0.05, 0.1) is 6.61 Å². The fourth-order valence-corrected chi connectivity index (χ4v) is 0.875. The van der Waals surface area contributed by atoms with E-state index in [0.29, 0.717) is 0 Å². The molecular weight excluding hydrogens is 152 g/mol. The molecule has 0 aromatic carbocycles. The van der Waals surface area contributed by atoms with Crippen LogP contribution in [0, 0.1) is 0 Å². The predicted molar refractivity (Wildman–Crippen MR) is 35.1 cm³/mol. The third kappa shape index (κ3) is 1.45. The Balaban J connectivity index is 2.63. The second kappa shape index (κ2) is 3.08. The molecule has 5 nitrogen and oxygen atoms in total. The van der Waals surface area contributed by atoms with Gasteiger partial charge >= 0.3 is 0 Å². The van der Waals surface area contributed by atoms with Gasteiger partial charge in [-0.05, 0) is 0 Å². The van der Waals surface area contributed by atoms with Crippen LogP contribution in [0.3, 0.4) is 0 Å². The highest BCUT2D eigenvalue weighted by Gasteiger charge is 2.31. The van der Waals surface area contributed by atoms with Crippen LogP contribution in [0.1, 0.15) is 0 Å². The molecule has 1 heterocycles. The Bertz CT molecular complexity index is 176. The third-order valence-electron chi connectivity index (χ3n) is 1.50. The van der Waals surface area contributed by atoms with Crippen molar-refractivity contribution in [2.75, 3.05) is 13.2 Å². The van der Waals surface area contributed by atoms with Crippen LogP contribution in [0.25, 0.3) is 0 Å². The maximum absolute atomic E-state index is 8.99. The molecule has 0 aromatic rings. The molecule has 2 atom stereocenters. The van der Waals surface area contributed by atoms with Crippen molar-refractivity contribution in [2.24, 2.45) is 0 Å². The summed E-state index contributed by atoms with van der Waals surface area (Å²) in [5, 5.41) is 35.2. The number of ether oxygens (including phenoxy) is 1. The van der Waals surface area contributed by atoms with Crippen LogP contribution in [0.4, 0.5) is 0 Å². The number of aliphatic hydroxyl groups excluding tert-OH is 4. The minimum absolute atomic E-state index is 0.118. The van der Waals surface area contributed by atoms with E-state index < -0.39 is 24.6 Å². The van der Waals surface area contributed by atoms with Gasteiger partial charge in [-0.2, -0.15) is 0 Å². The fraction of sp³-hybridized carbons (Fsp3) is 0.667. The second-order valence-corrected chi connectivity index (χ2v) is 2.31. The van der Waals surface area contributed by atoms with Crippen molar-refractivity contribution in [1.82, 2.24) is 0 Å². The van der Waals surface area contributed by atoms with Gasteiger partial charge in [0, 0.05) is 0 Å². The molecule has 0 bridgehead atoms. The smallest absolute Gasteiger partial charge is 0.164 e. The van der Waals surface area contributed by atoms with E-state index in [9.17, 15) is 0 Å². The third-order valence-corrected chi connectivity index (χ3v) is 1.50. The molecular formula is C6H10O5. The minimum atomic E-state index is -1.18. The SMILES string of the molecule is OCC(O)[C@@H]1OCC(O)=C1O. The molecule has 64 valence electrons. The number of aliphatic hydroxyl groups is 4. The first-order valence-electron chi connectivity index (χ1n) is 3.18. The lowest BCUT2D eigenvalue weighted by Crippen LogP contribution is -2.30. The summed E-state index contributed by atoms with van der Waals surface area (Å²) in [6.45, 7) is -0.629. The summed E-state index contributed by atoms with van der Waals surface area (Å²) in [5.41, 5.74) is 0. The highest BCUT2D eigenvalue weighted by Crippen LogP contribution is 2.19. The van der Waals surface area contributed by atoms with Gasteiger partial charge in [-0.15, -0.1) is 0 Å². The van der Waals surface area contributed by atoms with Crippen molar-refractivity contribution in [3.63, 3.8) is 0 Å².